The number of hydrogen-bond acceptors (Lipinski definition) is 2. The van der Waals surface area contributed by atoms with Crippen LogP contribution in [0.4, 0.5) is 5.69 Å². The van der Waals surface area contributed by atoms with Crippen LogP contribution in [0.5, 0.6) is 0 Å². The minimum atomic E-state index is -0.211. The van der Waals surface area contributed by atoms with E-state index in [9.17, 15) is 4.79 Å². The largest absolute Gasteiger partial charge is 0.324 e. The standard InChI is InChI=1S/C20H24N2O/c1-16-9-8-12-18(15-16)21-20(23)19(17-10-4-2-5-11-17)22-13-6-3-7-14-22/h2,4-5,8-12,15,19H,3,6-7,13-14H2,1H3,(H,21,23). The molecule has 1 saturated heterocycles. The van der Waals surface area contributed by atoms with E-state index in [1.807, 2.05) is 49.4 Å². The molecule has 1 atom stereocenters. The zero-order valence-corrected chi connectivity index (χ0v) is 13.7. The topological polar surface area (TPSA) is 32.3 Å². The van der Waals surface area contributed by atoms with E-state index in [0.29, 0.717) is 0 Å². The lowest BCUT2D eigenvalue weighted by molar-refractivity contribution is -0.122. The van der Waals surface area contributed by atoms with Gasteiger partial charge in [0.25, 0.3) is 0 Å². The van der Waals surface area contributed by atoms with Crippen LogP contribution in [0.1, 0.15) is 36.4 Å². The van der Waals surface area contributed by atoms with Crippen molar-refractivity contribution >= 4 is 11.6 Å². The minimum Gasteiger partial charge on any atom is -0.324 e. The predicted molar refractivity (Wildman–Crippen MR) is 94.4 cm³/mol. The number of hydrogen-bond donors (Lipinski definition) is 1. The molecular weight excluding hydrogens is 284 g/mol. The summed E-state index contributed by atoms with van der Waals surface area (Å²) in [5.41, 5.74) is 3.09. The summed E-state index contributed by atoms with van der Waals surface area (Å²) >= 11 is 0. The highest BCUT2D eigenvalue weighted by molar-refractivity contribution is 5.95. The number of nitrogens with zero attached hydrogens (tertiary/aromatic N) is 1. The Morgan fingerprint density at radius 2 is 1.74 bits per heavy atom. The molecule has 1 N–H and O–H groups in total. The van der Waals surface area contributed by atoms with Crippen LogP contribution >= 0.6 is 0 Å². The van der Waals surface area contributed by atoms with Crippen molar-refractivity contribution in [3.05, 3.63) is 65.7 Å². The third-order valence-electron chi connectivity index (χ3n) is 4.41. The van der Waals surface area contributed by atoms with E-state index in [2.05, 4.69) is 22.3 Å². The van der Waals surface area contributed by atoms with Crippen LogP contribution < -0.4 is 5.32 Å². The van der Waals surface area contributed by atoms with E-state index in [0.717, 1.165) is 29.9 Å². The van der Waals surface area contributed by atoms with Crippen LogP contribution in [0.3, 0.4) is 0 Å². The van der Waals surface area contributed by atoms with Crippen molar-refractivity contribution in [3.63, 3.8) is 0 Å². The molecule has 1 fully saturated rings. The van der Waals surface area contributed by atoms with Crippen molar-refractivity contribution in [2.45, 2.75) is 32.2 Å². The highest BCUT2D eigenvalue weighted by atomic mass is 16.2. The Bertz CT molecular complexity index is 648. The molecule has 0 spiro atoms. The van der Waals surface area contributed by atoms with Gasteiger partial charge in [-0.15, -0.1) is 0 Å². The maximum absolute atomic E-state index is 13.0. The fraction of sp³-hybridized carbons (Fsp3) is 0.350. The van der Waals surface area contributed by atoms with E-state index in [1.165, 1.54) is 19.3 Å². The summed E-state index contributed by atoms with van der Waals surface area (Å²) in [7, 11) is 0. The number of likely N-dealkylation sites (tertiary alicyclic amines) is 1. The lowest BCUT2D eigenvalue weighted by atomic mass is 10.0. The molecule has 0 radical (unpaired) electrons. The van der Waals surface area contributed by atoms with Gasteiger partial charge < -0.3 is 5.32 Å². The molecule has 3 heteroatoms. The number of aryl methyl sites for hydroxylation is 1. The first-order chi connectivity index (χ1) is 11.2. The predicted octanol–water partition coefficient (Wildman–Crippen LogP) is 4.16. The highest BCUT2D eigenvalue weighted by Crippen LogP contribution is 2.26. The van der Waals surface area contributed by atoms with Crippen LogP contribution in [0.15, 0.2) is 54.6 Å². The molecule has 0 saturated carbocycles. The van der Waals surface area contributed by atoms with Crippen molar-refractivity contribution in [1.29, 1.82) is 0 Å². The van der Waals surface area contributed by atoms with Gasteiger partial charge >= 0.3 is 0 Å². The second-order valence-electron chi connectivity index (χ2n) is 6.27. The molecule has 1 unspecified atom stereocenters. The molecule has 23 heavy (non-hydrogen) atoms. The third-order valence-corrected chi connectivity index (χ3v) is 4.41. The number of benzene rings is 2. The Morgan fingerprint density at radius 1 is 1.00 bits per heavy atom. The summed E-state index contributed by atoms with van der Waals surface area (Å²) in [6, 6.07) is 17.9. The second kappa shape index (κ2) is 7.42. The molecular formula is C20H24N2O. The van der Waals surface area contributed by atoms with Crippen LogP contribution in [0.2, 0.25) is 0 Å². The van der Waals surface area contributed by atoms with Gasteiger partial charge in [0.1, 0.15) is 6.04 Å². The molecule has 3 nitrogen and oxygen atoms in total. The minimum absolute atomic E-state index is 0.0590. The Labute approximate surface area is 138 Å². The van der Waals surface area contributed by atoms with Gasteiger partial charge in [-0.05, 0) is 56.1 Å². The molecule has 1 amide bonds. The fourth-order valence-corrected chi connectivity index (χ4v) is 3.27. The Balaban J connectivity index is 1.83. The number of carbonyl (C=O) groups excluding carboxylic acids is 1. The average molecular weight is 308 g/mol. The van der Waals surface area contributed by atoms with Gasteiger partial charge in [-0.25, -0.2) is 0 Å². The van der Waals surface area contributed by atoms with Crippen molar-refractivity contribution in [3.8, 4) is 0 Å². The summed E-state index contributed by atoms with van der Waals surface area (Å²) < 4.78 is 0. The van der Waals surface area contributed by atoms with E-state index in [-0.39, 0.29) is 11.9 Å². The maximum Gasteiger partial charge on any atom is 0.246 e. The smallest absolute Gasteiger partial charge is 0.246 e. The molecule has 2 aromatic rings. The van der Waals surface area contributed by atoms with Crippen molar-refractivity contribution < 1.29 is 4.79 Å². The van der Waals surface area contributed by atoms with Crippen LogP contribution in [0, 0.1) is 6.92 Å². The van der Waals surface area contributed by atoms with E-state index in [1.54, 1.807) is 0 Å². The molecule has 0 bridgehead atoms. The SMILES string of the molecule is Cc1cccc(NC(=O)C(c2ccccc2)N2CCCCC2)c1. The zero-order valence-electron chi connectivity index (χ0n) is 13.7. The average Bonchev–Trinajstić information content (AvgIpc) is 2.57. The Hall–Kier alpha value is -2.13. The Kier molecular flexibility index (Phi) is 5.09. The number of carbonyl (C=O) groups is 1. The van der Waals surface area contributed by atoms with Gasteiger partial charge in [-0.1, -0.05) is 48.9 Å². The lowest BCUT2D eigenvalue weighted by Gasteiger charge is -2.34. The molecule has 1 aliphatic rings. The molecule has 1 heterocycles. The first-order valence-electron chi connectivity index (χ1n) is 8.40. The van der Waals surface area contributed by atoms with Gasteiger partial charge in [0, 0.05) is 5.69 Å². The fourth-order valence-electron chi connectivity index (χ4n) is 3.27. The van der Waals surface area contributed by atoms with Gasteiger partial charge in [-0.2, -0.15) is 0 Å². The van der Waals surface area contributed by atoms with Crippen molar-refractivity contribution in [2.75, 3.05) is 18.4 Å². The molecule has 0 aromatic heterocycles. The lowest BCUT2D eigenvalue weighted by Crippen LogP contribution is -2.40. The number of piperidine rings is 1. The quantitative estimate of drug-likeness (QED) is 0.920. The molecule has 2 aromatic carbocycles. The number of rotatable bonds is 4. The van der Waals surface area contributed by atoms with Crippen LogP contribution in [-0.2, 0) is 4.79 Å². The van der Waals surface area contributed by atoms with Gasteiger partial charge in [-0.3, -0.25) is 9.69 Å². The number of anilines is 1. The number of nitrogens with one attached hydrogen (secondary N) is 1. The van der Waals surface area contributed by atoms with Crippen molar-refractivity contribution in [1.82, 2.24) is 4.90 Å². The second-order valence-corrected chi connectivity index (χ2v) is 6.27. The highest BCUT2D eigenvalue weighted by Gasteiger charge is 2.28. The number of amides is 1. The zero-order chi connectivity index (χ0) is 16.1. The van der Waals surface area contributed by atoms with E-state index >= 15 is 0 Å². The van der Waals surface area contributed by atoms with Crippen LogP contribution in [-0.4, -0.2) is 23.9 Å². The van der Waals surface area contributed by atoms with Gasteiger partial charge in [0.15, 0.2) is 0 Å². The molecule has 3 rings (SSSR count). The van der Waals surface area contributed by atoms with E-state index < -0.39 is 0 Å². The van der Waals surface area contributed by atoms with Gasteiger partial charge in [0.05, 0.1) is 0 Å². The summed E-state index contributed by atoms with van der Waals surface area (Å²) in [6.07, 6.45) is 3.60. The monoisotopic (exact) mass is 308 g/mol. The maximum atomic E-state index is 13.0. The summed E-state index contributed by atoms with van der Waals surface area (Å²) in [4.78, 5) is 15.3. The first-order valence-corrected chi connectivity index (χ1v) is 8.40. The molecule has 1 aliphatic heterocycles. The molecule has 120 valence electrons. The summed E-state index contributed by atoms with van der Waals surface area (Å²) in [5.74, 6) is 0.0590. The molecule has 0 aliphatic carbocycles. The third kappa shape index (κ3) is 3.99. The summed E-state index contributed by atoms with van der Waals surface area (Å²) in [5, 5.41) is 3.10. The van der Waals surface area contributed by atoms with Crippen LogP contribution in [0.25, 0.3) is 0 Å². The normalized spacial score (nSPS) is 16.7. The Morgan fingerprint density at radius 3 is 2.43 bits per heavy atom. The summed E-state index contributed by atoms with van der Waals surface area (Å²) in [6.45, 7) is 4.01. The van der Waals surface area contributed by atoms with Gasteiger partial charge in [0.2, 0.25) is 5.91 Å². The first kappa shape index (κ1) is 15.8. The van der Waals surface area contributed by atoms with E-state index in [4.69, 9.17) is 0 Å². The van der Waals surface area contributed by atoms with Crippen molar-refractivity contribution in [2.24, 2.45) is 0 Å².